The van der Waals surface area contributed by atoms with E-state index in [0.29, 0.717) is 12.8 Å². The maximum atomic E-state index is 13.9. The fourth-order valence-corrected chi connectivity index (χ4v) is 5.68. The molecule has 0 amide bonds. The Morgan fingerprint density at radius 2 is 1.91 bits per heavy atom. The molecular weight excluding hydrogens is 309 g/mol. The monoisotopic (exact) mass is 327 g/mol. The summed E-state index contributed by atoms with van der Waals surface area (Å²) in [7, 11) is -4.16. The average Bonchev–Trinajstić information content (AvgIpc) is 2.88. The zero-order chi connectivity index (χ0) is 15.9. The standard InChI is InChI=1S/C15H18FNO4S/c16-11-6-2-4-8-14(11)22(20,21)17-12-7-3-1-5-10(12)9-13(17)15(18)19/h2,4,6,8,10,12-13H,1,3,5,7,9H2,(H,18,19). The lowest BCUT2D eigenvalue weighted by molar-refractivity contribution is -0.141. The molecule has 1 aromatic carbocycles. The van der Waals surface area contributed by atoms with Crippen LogP contribution in [0.5, 0.6) is 0 Å². The molecule has 120 valence electrons. The summed E-state index contributed by atoms with van der Waals surface area (Å²) in [5.41, 5.74) is 0. The molecule has 1 N–H and O–H groups in total. The van der Waals surface area contributed by atoms with Crippen LogP contribution in [0.15, 0.2) is 29.2 Å². The van der Waals surface area contributed by atoms with Gasteiger partial charge in [-0.3, -0.25) is 4.79 Å². The first kappa shape index (κ1) is 15.4. The smallest absolute Gasteiger partial charge is 0.322 e. The molecule has 7 heteroatoms. The third-order valence-corrected chi connectivity index (χ3v) is 6.67. The number of benzene rings is 1. The third kappa shape index (κ3) is 2.42. The van der Waals surface area contributed by atoms with Gasteiger partial charge in [-0.15, -0.1) is 0 Å². The number of hydrogen-bond acceptors (Lipinski definition) is 3. The van der Waals surface area contributed by atoms with E-state index in [-0.39, 0.29) is 12.0 Å². The van der Waals surface area contributed by atoms with Gasteiger partial charge in [-0.25, -0.2) is 12.8 Å². The molecule has 5 nitrogen and oxygen atoms in total. The molecule has 0 aromatic heterocycles. The molecule has 1 aliphatic carbocycles. The summed E-state index contributed by atoms with van der Waals surface area (Å²) < 4.78 is 40.7. The topological polar surface area (TPSA) is 74.7 Å². The van der Waals surface area contributed by atoms with Crippen molar-refractivity contribution in [1.29, 1.82) is 0 Å². The Morgan fingerprint density at radius 3 is 2.59 bits per heavy atom. The van der Waals surface area contributed by atoms with Gasteiger partial charge in [-0.2, -0.15) is 4.31 Å². The second kappa shape index (κ2) is 5.62. The van der Waals surface area contributed by atoms with E-state index in [0.717, 1.165) is 29.6 Å². The Balaban J connectivity index is 2.06. The first-order valence-electron chi connectivity index (χ1n) is 7.44. The van der Waals surface area contributed by atoms with Gasteiger partial charge in [0.2, 0.25) is 10.0 Å². The highest BCUT2D eigenvalue weighted by Crippen LogP contribution is 2.42. The summed E-state index contributed by atoms with van der Waals surface area (Å²) in [4.78, 5) is 11.1. The molecule has 2 fully saturated rings. The molecule has 1 aromatic rings. The van der Waals surface area contributed by atoms with Crippen molar-refractivity contribution in [1.82, 2.24) is 4.31 Å². The van der Waals surface area contributed by atoms with Crippen LogP contribution < -0.4 is 0 Å². The van der Waals surface area contributed by atoms with Crippen molar-refractivity contribution in [2.24, 2.45) is 5.92 Å². The number of nitrogens with zero attached hydrogens (tertiary/aromatic N) is 1. The van der Waals surface area contributed by atoms with Crippen LogP contribution >= 0.6 is 0 Å². The van der Waals surface area contributed by atoms with E-state index in [2.05, 4.69) is 0 Å². The van der Waals surface area contributed by atoms with E-state index in [1.165, 1.54) is 18.2 Å². The molecule has 0 radical (unpaired) electrons. The van der Waals surface area contributed by atoms with Crippen molar-refractivity contribution >= 4 is 16.0 Å². The Morgan fingerprint density at radius 1 is 1.23 bits per heavy atom. The van der Waals surface area contributed by atoms with Crippen molar-refractivity contribution < 1.29 is 22.7 Å². The minimum absolute atomic E-state index is 0.0522. The molecule has 2 aliphatic rings. The first-order valence-corrected chi connectivity index (χ1v) is 8.88. The molecular formula is C15H18FNO4S. The third-order valence-electron chi connectivity index (χ3n) is 4.71. The van der Waals surface area contributed by atoms with Gasteiger partial charge >= 0.3 is 5.97 Å². The minimum Gasteiger partial charge on any atom is -0.480 e. The molecule has 22 heavy (non-hydrogen) atoms. The van der Waals surface area contributed by atoms with E-state index < -0.39 is 32.7 Å². The van der Waals surface area contributed by atoms with E-state index in [9.17, 15) is 22.7 Å². The molecule has 0 spiro atoms. The van der Waals surface area contributed by atoms with Crippen LogP contribution in [-0.4, -0.2) is 35.9 Å². The van der Waals surface area contributed by atoms with Gasteiger partial charge in [0.15, 0.2) is 0 Å². The van der Waals surface area contributed by atoms with Crippen LogP contribution in [0.4, 0.5) is 4.39 Å². The predicted molar refractivity (Wildman–Crippen MR) is 77.2 cm³/mol. The fourth-order valence-electron chi connectivity index (χ4n) is 3.74. The average molecular weight is 327 g/mol. The quantitative estimate of drug-likeness (QED) is 0.924. The Kier molecular flexibility index (Phi) is 3.94. The summed E-state index contributed by atoms with van der Waals surface area (Å²) >= 11 is 0. The van der Waals surface area contributed by atoms with Gasteiger partial charge in [0.1, 0.15) is 16.8 Å². The van der Waals surface area contributed by atoms with Gasteiger partial charge in [-0.05, 0) is 37.3 Å². The Bertz CT molecular complexity index is 691. The molecule has 1 aliphatic heterocycles. The number of carboxylic acid groups (broad SMARTS) is 1. The fraction of sp³-hybridized carbons (Fsp3) is 0.533. The lowest BCUT2D eigenvalue weighted by atomic mass is 9.85. The molecule has 3 rings (SSSR count). The number of halogens is 1. The highest BCUT2D eigenvalue weighted by Gasteiger charge is 2.51. The highest BCUT2D eigenvalue weighted by atomic mass is 32.2. The zero-order valence-electron chi connectivity index (χ0n) is 12.0. The van der Waals surface area contributed by atoms with Crippen LogP contribution in [0.1, 0.15) is 32.1 Å². The minimum atomic E-state index is -4.16. The van der Waals surface area contributed by atoms with Crippen molar-refractivity contribution in [3.63, 3.8) is 0 Å². The second-order valence-corrected chi connectivity index (χ2v) is 7.78. The van der Waals surface area contributed by atoms with Gasteiger partial charge in [-0.1, -0.05) is 25.0 Å². The summed E-state index contributed by atoms with van der Waals surface area (Å²) in [6.45, 7) is 0. The van der Waals surface area contributed by atoms with Gasteiger partial charge in [0.05, 0.1) is 0 Å². The molecule has 1 saturated heterocycles. The van der Waals surface area contributed by atoms with Crippen molar-refractivity contribution in [3.8, 4) is 0 Å². The lowest BCUT2D eigenvalue weighted by Gasteiger charge is -2.32. The van der Waals surface area contributed by atoms with Crippen LogP contribution in [0, 0.1) is 11.7 Å². The number of aliphatic carboxylic acids is 1. The Labute approximate surface area is 128 Å². The maximum Gasteiger partial charge on any atom is 0.322 e. The second-order valence-electron chi connectivity index (χ2n) is 5.97. The molecule has 1 heterocycles. The van der Waals surface area contributed by atoms with Gasteiger partial charge in [0, 0.05) is 6.04 Å². The maximum absolute atomic E-state index is 13.9. The Hall–Kier alpha value is -1.47. The van der Waals surface area contributed by atoms with Crippen LogP contribution in [0.2, 0.25) is 0 Å². The number of sulfonamides is 1. The van der Waals surface area contributed by atoms with E-state index in [4.69, 9.17) is 0 Å². The van der Waals surface area contributed by atoms with Gasteiger partial charge in [0.25, 0.3) is 0 Å². The van der Waals surface area contributed by atoms with E-state index in [1.807, 2.05) is 0 Å². The normalized spacial score (nSPS) is 29.2. The first-order chi connectivity index (χ1) is 10.4. The molecule has 3 atom stereocenters. The van der Waals surface area contributed by atoms with Crippen LogP contribution in [0.3, 0.4) is 0 Å². The summed E-state index contributed by atoms with van der Waals surface area (Å²) in [5, 5.41) is 9.41. The molecule has 3 unspecified atom stereocenters. The van der Waals surface area contributed by atoms with Crippen molar-refractivity contribution in [2.75, 3.05) is 0 Å². The largest absolute Gasteiger partial charge is 0.480 e. The predicted octanol–water partition coefficient (Wildman–Crippen LogP) is 2.23. The van der Waals surface area contributed by atoms with E-state index >= 15 is 0 Å². The summed E-state index contributed by atoms with van der Waals surface area (Å²) in [6, 6.07) is 3.70. The highest BCUT2D eigenvalue weighted by molar-refractivity contribution is 7.89. The van der Waals surface area contributed by atoms with Crippen LogP contribution in [-0.2, 0) is 14.8 Å². The zero-order valence-corrected chi connectivity index (χ0v) is 12.8. The summed E-state index contributed by atoms with van der Waals surface area (Å²) in [5.74, 6) is -1.95. The number of hydrogen-bond donors (Lipinski definition) is 1. The molecule has 0 bridgehead atoms. The SMILES string of the molecule is O=C(O)C1CC2CCCCC2N1S(=O)(=O)c1ccccc1F. The van der Waals surface area contributed by atoms with E-state index in [1.54, 1.807) is 0 Å². The van der Waals surface area contributed by atoms with Gasteiger partial charge < -0.3 is 5.11 Å². The summed E-state index contributed by atoms with van der Waals surface area (Å²) in [6.07, 6.45) is 3.64. The van der Waals surface area contributed by atoms with Crippen LogP contribution in [0.25, 0.3) is 0 Å². The van der Waals surface area contributed by atoms with Crippen molar-refractivity contribution in [3.05, 3.63) is 30.1 Å². The lowest BCUT2D eigenvalue weighted by Crippen LogP contribution is -2.46. The number of rotatable bonds is 3. The number of carboxylic acids is 1. The van der Waals surface area contributed by atoms with Crippen molar-refractivity contribution in [2.45, 2.75) is 49.1 Å². The molecule has 1 saturated carbocycles. The number of fused-ring (bicyclic) bond motifs is 1. The number of carbonyl (C=O) groups is 1.